The molecule has 0 aliphatic carbocycles. The van der Waals surface area contributed by atoms with Crippen LogP contribution in [0.25, 0.3) is 0 Å². The Kier molecular flexibility index (Phi) is 5.67. The molecule has 4 heteroatoms. The molecule has 0 aromatic heterocycles. The highest BCUT2D eigenvalue weighted by atomic mass is 16.6. The van der Waals surface area contributed by atoms with E-state index in [1.807, 2.05) is 42.5 Å². The molecule has 1 aliphatic heterocycles. The first kappa shape index (κ1) is 18.8. The lowest BCUT2D eigenvalue weighted by molar-refractivity contribution is 0.180. The van der Waals surface area contributed by atoms with Gasteiger partial charge in [0.1, 0.15) is 17.2 Å². The van der Waals surface area contributed by atoms with E-state index in [9.17, 15) is 10.2 Å². The van der Waals surface area contributed by atoms with Crippen molar-refractivity contribution in [2.75, 3.05) is 6.54 Å². The van der Waals surface area contributed by atoms with Gasteiger partial charge in [-0.2, -0.15) is 5.48 Å². The number of fused-ring (bicyclic) bond motifs is 1. The van der Waals surface area contributed by atoms with E-state index >= 15 is 0 Å². The first-order valence-electron chi connectivity index (χ1n) is 9.03. The minimum absolute atomic E-state index is 0.151. The van der Waals surface area contributed by atoms with Crippen molar-refractivity contribution in [2.45, 2.75) is 25.7 Å². The molecule has 1 aliphatic rings. The molecule has 0 atom stereocenters. The average molecular weight is 363 g/mol. The second-order valence-corrected chi connectivity index (χ2v) is 7.07. The summed E-state index contributed by atoms with van der Waals surface area (Å²) in [6.07, 6.45) is 1.07. The molecule has 4 rings (SSSR count). The molecule has 0 bridgehead atoms. The number of para-hydroxylation sites is 1. The summed E-state index contributed by atoms with van der Waals surface area (Å²) in [6, 6.07) is 22.5. The summed E-state index contributed by atoms with van der Waals surface area (Å²) in [6.45, 7) is 5.15. The molecule has 3 aromatic rings. The normalized spacial score (nSPS) is 13.0. The molecule has 140 valence electrons. The lowest BCUT2D eigenvalue weighted by Crippen LogP contribution is -2.26. The largest absolute Gasteiger partial charge is 0.508 e. The second-order valence-electron chi connectivity index (χ2n) is 7.07. The number of phenols is 2. The van der Waals surface area contributed by atoms with Gasteiger partial charge in [0, 0.05) is 12.0 Å². The zero-order valence-electron chi connectivity index (χ0n) is 15.6. The molecule has 0 fully saturated rings. The van der Waals surface area contributed by atoms with E-state index in [1.54, 1.807) is 24.3 Å². The van der Waals surface area contributed by atoms with Crippen molar-refractivity contribution >= 4 is 0 Å². The smallest absolute Gasteiger partial charge is 0.150 e. The third-order valence-corrected chi connectivity index (χ3v) is 4.83. The Hall–Kier alpha value is -2.98. The summed E-state index contributed by atoms with van der Waals surface area (Å²) in [4.78, 5) is 5.17. The van der Waals surface area contributed by atoms with Crippen molar-refractivity contribution < 1.29 is 15.1 Å². The first-order valence-corrected chi connectivity index (χ1v) is 9.03. The molecule has 0 unspecified atom stereocenters. The molecule has 0 spiro atoms. The number of nitrogens with one attached hydrogen (secondary N) is 1. The molecule has 3 aromatic carbocycles. The standard InChI is InChI=1S/C15H16O2.C8H9NO/c1-15(2,11-3-7-13(16)8-4-11)12-5-9-14(17)10-6-12;1-2-4-8-7(3-1)5-6-9-10-8/h3-10,16-17H,1-2H3;1-4,9H,5-6H2. The Labute approximate surface area is 160 Å². The van der Waals surface area contributed by atoms with Gasteiger partial charge in [0.2, 0.25) is 0 Å². The maximum absolute atomic E-state index is 9.30. The second kappa shape index (κ2) is 8.14. The van der Waals surface area contributed by atoms with Gasteiger partial charge < -0.3 is 15.1 Å². The van der Waals surface area contributed by atoms with Crippen molar-refractivity contribution in [3.63, 3.8) is 0 Å². The Morgan fingerprint density at radius 3 is 1.81 bits per heavy atom. The molecule has 0 saturated heterocycles. The van der Waals surface area contributed by atoms with Crippen molar-refractivity contribution in [3.8, 4) is 17.2 Å². The van der Waals surface area contributed by atoms with E-state index in [0.29, 0.717) is 0 Å². The predicted molar refractivity (Wildman–Crippen MR) is 107 cm³/mol. The van der Waals surface area contributed by atoms with Crippen LogP contribution in [-0.2, 0) is 11.8 Å². The third-order valence-electron chi connectivity index (χ3n) is 4.83. The summed E-state index contributed by atoms with van der Waals surface area (Å²) in [5.41, 5.74) is 6.23. The van der Waals surface area contributed by atoms with E-state index in [2.05, 4.69) is 25.4 Å². The van der Waals surface area contributed by atoms with Gasteiger partial charge in [0.15, 0.2) is 0 Å². The van der Waals surface area contributed by atoms with Gasteiger partial charge in [-0.1, -0.05) is 56.3 Å². The fraction of sp³-hybridized carbons (Fsp3) is 0.217. The van der Waals surface area contributed by atoms with Crippen LogP contribution >= 0.6 is 0 Å². The van der Waals surface area contributed by atoms with E-state index in [4.69, 9.17) is 4.84 Å². The minimum Gasteiger partial charge on any atom is -0.508 e. The first-order chi connectivity index (χ1) is 13.0. The van der Waals surface area contributed by atoms with Crippen LogP contribution in [0.3, 0.4) is 0 Å². The Morgan fingerprint density at radius 1 is 0.778 bits per heavy atom. The summed E-state index contributed by atoms with van der Waals surface area (Å²) < 4.78 is 0. The highest BCUT2D eigenvalue weighted by Crippen LogP contribution is 2.32. The summed E-state index contributed by atoms with van der Waals surface area (Å²) in [5, 5.41) is 18.6. The Morgan fingerprint density at radius 2 is 1.30 bits per heavy atom. The Bertz CT molecular complexity index is 798. The van der Waals surface area contributed by atoms with Gasteiger partial charge in [0.25, 0.3) is 0 Å². The molecule has 0 saturated carbocycles. The topological polar surface area (TPSA) is 61.7 Å². The number of benzene rings is 3. The lowest BCUT2D eigenvalue weighted by Gasteiger charge is -2.26. The van der Waals surface area contributed by atoms with Crippen LogP contribution < -0.4 is 10.3 Å². The Balaban J connectivity index is 0.000000177. The van der Waals surface area contributed by atoms with Crippen LogP contribution in [0.2, 0.25) is 0 Å². The average Bonchev–Trinajstić information content (AvgIpc) is 2.69. The fourth-order valence-electron chi connectivity index (χ4n) is 3.05. The SMILES string of the molecule is CC(C)(c1ccc(O)cc1)c1ccc(O)cc1.c1ccc2c(c1)CCNO2. The zero-order valence-corrected chi connectivity index (χ0v) is 15.6. The molecule has 27 heavy (non-hydrogen) atoms. The third kappa shape index (κ3) is 4.60. The number of hydrogen-bond acceptors (Lipinski definition) is 4. The number of aromatic hydroxyl groups is 2. The van der Waals surface area contributed by atoms with Crippen LogP contribution in [-0.4, -0.2) is 16.8 Å². The van der Waals surface area contributed by atoms with E-state index in [0.717, 1.165) is 29.8 Å². The van der Waals surface area contributed by atoms with Crippen LogP contribution in [0.4, 0.5) is 0 Å². The number of rotatable bonds is 2. The van der Waals surface area contributed by atoms with Gasteiger partial charge in [-0.15, -0.1) is 0 Å². The number of hydroxylamine groups is 1. The fourth-order valence-corrected chi connectivity index (χ4v) is 3.05. The molecule has 0 amide bonds. The van der Waals surface area contributed by atoms with Crippen LogP contribution in [0.5, 0.6) is 17.2 Å². The van der Waals surface area contributed by atoms with E-state index in [1.165, 1.54) is 5.56 Å². The molecular formula is C23H25NO3. The molecule has 1 heterocycles. The minimum atomic E-state index is -0.151. The highest BCUT2D eigenvalue weighted by molar-refractivity contribution is 5.41. The predicted octanol–water partition coefficient (Wildman–Crippen LogP) is 4.55. The quantitative estimate of drug-likeness (QED) is 0.625. The number of hydrogen-bond donors (Lipinski definition) is 3. The van der Waals surface area contributed by atoms with Crippen molar-refractivity contribution in [2.24, 2.45) is 0 Å². The van der Waals surface area contributed by atoms with E-state index < -0.39 is 0 Å². The molecule has 0 radical (unpaired) electrons. The van der Waals surface area contributed by atoms with Crippen molar-refractivity contribution in [3.05, 3.63) is 89.5 Å². The molecule has 3 N–H and O–H groups in total. The molecule has 4 nitrogen and oxygen atoms in total. The summed E-state index contributed by atoms with van der Waals surface area (Å²) >= 11 is 0. The highest BCUT2D eigenvalue weighted by Gasteiger charge is 2.22. The van der Waals surface area contributed by atoms with Gasteiger partial charge in [0.05, 0.1) is 0 Å². The monoisotopic (exact) mass is 363 g/mol. The lowest BCUT2D eigenvalue weighted by atomic mass is 9.78. The van der Waals surface area contributed by atoms with Gasteiger partial charge in [-0.05, 0) is 53.4 Å². The van der Waals surface area contributed by atoms with Crippen LogP contribution in [0.1, 0.15) is 30.5 Å². The van der Waals surface area contributed by atoms with E-state index in [-0.39, 0.29) is 16.9 Å². The van der Waals surface area contributed by atoms with Gasteiger partial charge >= 0.3 is 0 Å². The summed E-state index contributed by atoms with van der Waals surface area (Å²) in [7, 11) is 0. The van der Waals surface area contributed by atoms with Crippen molar-refractivity contribution in [1.29, 1.82) is 0 Å². The number of phenolic OH excluding ortho intramolecular Hbond substituents is 2. The van der Waals surface area contributed by atoms with Gasteiger partial charge in [-0.3, -0.25) is 0 Å². The maximum atomic E-state index is 9.30. The van der Waals surface area contributed by atoms with Crippen LogP contribution in [0.15, 0.2) is 72.8 Å². The van der Waals surface area contributed by atoms with Crippen LogP contribution in [0, 0.1) is 0 Å². The zero-order chi connectivity index (χ0) is 19.3. The maximum Gasteiger partial charge on any atom is 0.150 e. The van der Waals surface area contributed by atoms with Crippen molar-refractivity contribution in [1.82, 2.24) is 5.48 Å². The summed E-state index contributed by atoms with van der Waals surface area (Å²) in [5.74, 6) is 1.51. The van der Waals surface area contributed by atoms with Gasteiger partial charge in [-0.25, -0.2) is 0 Å². The molecular weight excluding hydrogens is 338 g/mol.